The van der Waals surface area contributed by atoms with Gasteiger partial charge < -0.3 is 15.5 Å². The standard InChI is InChI=1S/C8H14N2O/c1-6-3-4-8(11-6)7(5-9)10-2/h3-4,7,10H,5,9H2,1-2H3. The summed E-state index contributed by atoms with van der Waals surface area (Å²) in [5.41, 5.74) is 5.50. The first-order valence-corrected chi connectivity index (χ1v) is 3.71. The highest BCUT2D eigenvalue weighted by Gasteiger charge is 2.09. The van der Waals surface area contributed by atoms with Crippen LogP contribution < -0.4 is 11.1 Å². The molecule has 3 N–H and O–H groups in total. The van der Waals surface area contributed by atoms with E-state index in [0.29, 0.717) is 6.54 Å². The predicted octanol–water partition coefficient (Wildman–Crippen LogP) is 0.807. The maximum atomic E-state index is 5.50. The van der Waals surface area contributed by atoms with Gasteiger partial charge in [-0.15, -0.1) is 0 Å². The highest BCUT2D eigenvalue weighted by atomic mass is 16.3. The molecule has 0 aliphatic heterocycles. The van der Waals surface area contributed by atoms with Gasteiger partial charge in [-0.05, 0) is 26.1 Å². The Morgan fingerprint density at radius 2 is 2.36 bits per heavy atom. The van der Waals surface area contributed by atoms with Crippen LogP contribution in [0.4, 0.5) is 0 Å². The number of aryl methyl sites for hydroxylation is 1. The van der Waals surface area contributed by atoms with Crippen LogP contribution in [-0.2, 0) is 0 Å². The van der Waals surface area contributed by atoms with Crippen molar-refractivity contribution in [3.05, 3.63) is 23.7 Å². The Balaban J connectivity index is 2.73. The largest absolute Gasteiger partial charge is 0.465 e. The predicted molar refractivity (Wildman–Crippen MR) is 44.3 cm³/mol. The molecular formula is C8H14N2O. The Morgan fingerprint density at radius 1 is 1.64 bits per heavy atom. The van der Waals surface area contributed by atoms with Gasteiger partial charge in [0.05, 0.1) is 6.04 Å². The van der Waals surface area contributed by atoms with Crippen molar-refractivity contribution in [1.29, 1.82) is 0 Å². The number of hydrogen-bond donors (Lipinski definition) is 2. The lowest BCUT2D eigenvalue weighted by Crippen LogP contribution is -2.24. The zero-order valence-corrected chi connectivity index (χ0v) is 6.92. The van der Waals surface area contributed by atoms with Crippen molar-refractivity contribution in [2.24, 2.45) is 5.73 Å². The SMILES string of the molecule is CNC(CN)c1ccc(C)o1. The Labute approximate surface area is 66.6 Å². The van der Waals surface area contributed by atoms with Gasteiger partial charge in [0, 0.05) is 6.54 Å². The molecule has 0 fully saturated rings. The first-order valence-electron chi connectivity index (χ1n) is 3.71. The maximum Gasteiger partial charge on any atom is 0.122 e. The first-order chi connectivity index (χ1) is 5.27. The Morgan fingerprint density at radius 3 is 2.73 bits per heavy atom. The lowest BCUT2D eigenvalue weighted by Gasteiger charge is -2.09. The van der Waals surface area contributed by atoms with Crippen LogP contribution in [0.25, 0.3) is 0 Å². The molecule has 3 heteroatoms. The fourth-order valence-corrected chi connectivity index (χ4v) is 1.02. The highest BCUT2D eigenvalue weighted by molar-refractivity contribution is 5.09. The van der Waals surface area contributed by atoms with Gasteiger partial charge >= 0.3 is 0 Å². The van der Waals surface area contributed by atoms with Crippen molar-refractivity contribution in [2.45, 2.75) is 13.0 Å². The normalized spacial score (nSPS) is 13.4. The highest BCUT2D eigenvalue weighted by Crippen LogP contribution is 2.14. The summed E-state index contributed by atoms with van der Waals surface area (Å²) in [6.45, 7) is 2.48. The summed E-state index contributed by atoms with van der Waals surface area (Å²) in [6.07, 6.45) is 0. The van der Waals surface area contributed by atoms with Crippen molar-refractivity contribution in [3.63, 3.8) is 0 Å². The lowest BCUT2D eigenvalue weighted by molar-refractivity contribution is 0.420. The van der Waals surface area contributed by atoms with Crippen LogP contribution in [0, 0.1) is 6.92 Å². The van der Waals surface area contributed by atoms with Crippen molar-refractivity contribution in [3.8, 4) is 0 Å². The van der Waals surface area contributed by atoms with Gasteiger partial charge in [0.15, 0.2) is 0 Å². The molecule has 1 heterocycles. The van der Waals surface area contributed by atoms with Crippen molar-refractivity contribution < 1.29 is 4.42 Å². The average Bonchev–Trinajstić information content (AvgIpc) is 2.39. The minimum absolute atomic E-state index is 0.142. The molecule has 0 saturated carbocycles. The molecule has 0 aliphatic rings. The Hall–Kier alpha value is -0.800. The number of likely N-dealkylation sites (N-methyl/N-ethyl adjacent to an activating group) is 1. The van der Waals surface area contributed by atoms with Crippen LogP contribution in [-0.4, -0.2) is 13.6 Å². The molecule has 0 amide bonds. The van der Waals surface area contributed by atoms with Crippen LogP contribution in [0.1, 0.15) is 17.6 Å². The molecule has 0 radical (unpaired) electrons. The molecule has 0 bridgehead atoms. The van der Waals surface area contributed by atoms with E-state index < -0.39 is 0 Å². The molecule has 3 nitrogen and oxygen atoms in total. The van der Waals surface area contributed by atoms with Crippen LogP contribution in [0.3, 0.4) is 0 Å². The van der Waals surface area contributed by atoms with Gasteiger partial charge in [-0.2, -0.15) is 0 Å². The minimum atomic E-state index is 0.142. The van der Waals surface area contributed by atoms with Crippen molar-refractivity contribution >= 4 is 0 Å². The van der Waals surface area contributed by atoms with Gasteiger partial charge in [-0.25, -0.2) is 0 Å². The number of nitrogens with one attached hydrogen (secondary N) is 1. The summed E-state index contributed by atoms with van der Waals surface area (Å²) in [4.78, 5) is 0. The van der Waals surface area contributed by atoms with Crippen molar-refractivity contribution in [2.75, 3.05) is 13.6 Å². The topological polar surface area (TPSA) is 51.2 Å². The molecule has 1 atom stereocenters. The van der Waals surface area contributed by atoms with Gasteiger partial charge in [0.25, 0.3) is 0 Å². The molecule has 1 aromatic heterocycles. The average molecular weight is 154 g/mol. The number of hydrogen-bond acceptors (Lipinski definition) is 3. The summed E-state index contributed by atoms with van der Waals surface area (Å²) >= 11 is 0. The number of rotatable bonds is 3. The smallest absolute Gasteiger partial charge is 0.122 e. The van der Waals surface area contributed by atoms with Gasteiger partial charge in [-0.1, -0.05) is 0 Å². The monoisotopic (exact) mass is 154 g/mol. The first kappa shape index (κ1) is 8.30. The lowest BCUT2D eigenvalue weighted by atomic mass is 10.2. The fourth-order valence-electron chi connectivity index (χ4n) is 1.02. The number of nitrogens with two attached hydrogens (primary N) is 1. The second-order valence-electron chi connectivity index (χ2n) is 2.53. The van der Waals surface area contributed by atoms with E-state index >= 15 is 0 Å². The molecule has 0 saturated heterocycles. The molecule has 0 aliphatic carbocycles. The molecule has 11 heavy (non-hydrogen) atoms. The van der Waals surface area contributed by atoms with E-state index in [-0.39, 0.29) is 6.04 Å². The maximum absolute atomic E-state index is 5.50. The summed E-state index contributed by atoms with van der Waals surface area (Å²) in [6, 6.07) is 4.03. The summed E-state index contributed by atoms with van der Waals surface area (Å²) < 4.78 is 5.38. The van der Waals surface area contributed by atoms with Crippen molar-refractivity contribution in [1.82, 2.24) is 5.32 Å². The van der Waals surface area contributed by atoms with Gasteiger partial charge in [0.1, 0.15) is 11.5 Å². The third kappa shape index (κ3) is 1.82. The summed E-state index contributed by atoms with van der Waals surface area (Å²) in [7, 11) is 1.87. The molecule has 0 spiro atoms. The van der Waals surface area contributed by atoms with Crippen LogP contribution in [0.5, 0.6) is 0 Å². The molecule has 62 valence electrons. The van der Waals surface area contributed by atoms with E-state index in [0.717, 1.165) is 11.5 Å². The zero-order valence-electron chi connectivity index (χ0n) is 6.92. The van der Waals surface area contributed by atoms with E-state index in [9.17, 15) is 0 Å². The summed E-state index contributed by atoms with van der Waals surface area (Å²) in [5, 5.41) is 3.06. The second-order valence-corrected chi connectivity index (χ2v) is 2.53. The van der Waals surface area contributed by atoms with Gasteiger partial charge in [-0.3, -0.25) is 0 Å². The molecular weight excluding hydrogens is 140 g/mol. The van der Waals surface area contributed by atoms with E-state index in [1.807, 2.05) is 26.1 Å². The Bertz CT molecular complexity index is 216. The molecule has 1 aromatic rings. The van der Waals surface area contributed by atoms with Crippen LogP contribution in [0.2, 0.25) is 0 Å². The second kappa shape index (κ2) is 3.55. The Kier molecular flexibility index (Phi) is 2.68. The van der Waals surface area contributed by atoms with Crippen LogP contribution >= 0.6 is 0 Å². The van der Waals surface area contributed by atoms with E-state index in [1.54, 1.807) is 0 Å². The molecule has 0 aromatic carbocycles. The third-order valence-electron chi connectivity index (χ3n) is 1.69. The summed E-state index contributed by atoms with van der Waals surface area (Å²) in [5.74, 6) is 1.83. The minimum Gasteiger partial charge on any atom is -0.465 e. The molecule has 1 unspecified atom stereocenters. The van der Waals surface area contributed by atoms with E-state index in [4.69, 9.17) is 10.2 Å². The van der Waals surface area contributed by atoms with Crippen LogP contribution in [0.15, 0.2) is 16.5 Å². The zero-order chi connectivity index (χ0) is 8.27. The third-order valence-corrected chi connectivity index (χ3v) is 1.69. The molecule has 1 rings (SSSR count). The van der Waals surface area contributed by atoms with E-state index in [2.05, 4.69) is 5.32 Å². The van der Waals surface area contributed by atoms with E-state index in [1.165, 1.54) is 0 Å². The fraction of sp³-hybridized carbons (Fsp3) is 0.500. The number of furan rings is 1. The quantitative estimate of drug-likeness (QED) is 0.677. The van der Waals surface area contributed by atoms with Gasteiger partial charge in [0.2, 0.25) is 0 Å².